The second-order valence-electron chi connectivity index (χ2n) is 4.95. The van der Waals surface area contributed by atoms with Crippen molar-refractivity contribution in [1.82, 2.24) is 4.31 Å². The number of nitrogens with zero attached hydrogens (tertiary/aromatic N) is 1. The van der Waals surface area contributed by atoms with Crippen LogP contribution in [0, 0.1) is 6.92 Å². The molecule has 2 aromatic carbocycles. The number of nitrogens with two attached hydrogens (primary N) is 1. The lowest BCUT2D eigenvalue weighted by molar-refractivity contribution is 0.463. The van der Waals surface area contributed by atoms with Gasteiger partial charge in [0, 0.05) is 19.3 Å². The monoisotopic (exact) mass is 306 g/mol. The van der Waals surface area contributed by atoms with E-state index >= 15 is 0 Å². The summed E-state index contributed by atoms with van der Waals surface area (Å²) in [6.45, 7) is 2.00. The Kier molecular flexibility index (Phi) is 4.20. The number of rotatable bonds is 4. The van der Waals surface area contributed by atoms with Gasteiger partial charge in [0.1, 0.15) is 5.75 Å². The van der Waals surface area contributed by atoms with Crippen molar-refractivity contribution in [3.05, 3.63) is 53.6 Å². The molecule has 2 rings (SSSR count). The average Bonchev–Trinajstić information content (AvgIpc) is 2.44. The lowest BCUT2D eigenvalue weighted by Gasteiger charge is -2.18. The molecule has 112 valence electrons. The molecule has 0 saturated heterocycles. The quantitative estimate of drug-likeness (QED) is 0.847. The molecule has 3 N–H and O–H groups in total. The molecule has 0 aliphatic rings. The zero-order valence-electron chi connectivity index (χ0n) is 11.9. The van der Waals surface area contributed by atoms with E-state index < -0.39 is 10.0 Å². The predicted molar refractivity (Wildman–Crippen MR) is 82.4 cm³/mol. The van der Waals surface area contributed by atoms with Crippen LogP contribution in [0.2, 0.25) is 0 Å². The molecule has 0 atom stereocenters. The fraction of sp³-hybridized carbons (Fsp3) is 0.200. The van der Waals surface area contributed by atoms with Crippen molar-refractivity contribution in [2.75, 3.05) is 12.8 Å². The summed E-state index contributed by atoms with van der Waals surface area (Å²) in [6, 6.07) is 11.1. The smallest absolute Gasteiger partial charge is 0.243 e. The molecule has 6 heteroatoms. The highest BCUT2D eigenvalue weighted by Crippen LogP contribution is 2.21. The molecule has 0 amide bonds. The van der Waals surface area contributed by atoms with Crippen LogP contribution < -0.4 is 5.73 Å². The van der Waals surface area contributed by atoms with Gasteiger partial charge in [0.05, 0.1) is 4.90 Å². The largest absolute Gasteiger partial charge is 0.508 e. The first kappa shape index (κ1) is 15.3. The van der Waals surface area contributed by atoms with Crippen molar-refractivity contribution in [3.63, 3.8) is 0 Å². The molecule has 0 unspecified atom stereocenters. The summed E-state index contributed by atoms with van der Waals surface area (Å²) < 4.78 is 26.3. The molecule has 5 nitrogen and oxygen atoms in total. The van der Waals surface area contributed by atoms with E-state index in [0.29, 0.717) is 5.69 Å². The SMILES string of the molecule is Cc1cc(S(=O)(=O)N(C)Cc2ccc(O)cc2)ccc1N. The van der Waals surface area contributed by atoms with Gasteiger partial charge in [-0.3, -0.25) is 0 Å². The van der Waals surface area contributed by atoms with Gasteiger partial charge < -0.3 is 10.8 Å². The predicted octanol–water partition coefficient (Wildman–Crippen LogP) is 2.10. The van der Waals surface area contributed by atoms with E-state index in [1.54, 1.807) is 31.2 Å². The van der Waals surface area contributed by atoms with Gasteiger partial charge in [-0.15, -0.1) is 0 Å². The van der Waals surface area contributed by atoms with Gasteiger partial charge >= 0.3 is 0 Å². The van der Waals surface area contributed by atoms with E-state index in [9.17, 15) is 13.5 Å². The van der Waals surface area contributed by atoms with Gasteiger partial charge in [0.2, 0.25) is 10.0 Å². The minimum absolute atomic E-state index is 0.151. The molecule has 0 saturated carbocycles. The first-order chi connectivity index (χ1) is 9.80. The number of phenolic OH excluding ortho intramolecular Hbond substituents is 1. The van der Waals surface area contributed by atoms with E-state index in [2.05, 4.69) is 0 Å². The fourth-order valence-electron chi connectivity index (χ4n) is 1.93. The topological polar surface area (TPSA) is 83.6 Å². The van der Waals surface area contributed by atoms with Crippen molar-refractivity contribution >= 4 is 15.7 Å². The van der Waals surface area contributed by atoms with Crippen LogP contribution in [0.4, 0.5) is 5.69 Å². The number of benzene rings is 2. The maximum absolute atomic E-state index is 12.5. The Balaban J connectivity index is 2.25. The van der Waals surface area contributed by atoms with Crippen LogP contribution in [0.3, 0.4) is 0 Å². The summed E-state index contributed by atoms with van der Waals surface area (Å²) in [6.07, 6.45) is 0. The maximum Gasteiger partial charge on any atom is 0.243 e. The summed E-state index contributed by atoms with van der Waals surface area (Å²) in [5.74, 6) is 0.151. The van der Waals surface area contributed by atoms with Gasteiger partial charge in [-0.1, -0.05) is 12.1 Å². The minimum atomic E-state index is -3.57. The highest BCUT2D eigenvalue weighted by molar-refractivity contribution is 7.89. The van der Waals surface area contributed by atoms with Gasteiger partial charge in [-0.2, -0.15) is 4.31 Å². The normalized spacial score (nSPS) is 11.8. The van der Waals surface area contributed by atoms with Crippen LogP contribution in [-0.4, -0.2) is 24.9 Å². The Hall–Kier alpha value is -2.05. The number of phenols is 1. The summed E-state index contributed by atoms with van der Waals surface area (Å²) in [5.41, 5.74) is 7.81. The van der Waals surface area contributed by atoms with Crippen LogP contribution in [-0.2, 0) is 16.6 Å². The molecule has 0 fully saturated rings. The minimum Gasteiger partial charge on any atom is -0.508 e. The van der Waals surface area contributed by atoms with E-state index in [-0.39, 0.29) is 17.2 Å². The number of nitrogen functional groups attached to an aromatic ring is 1. The van der Waals surface area contributed by atoms with Gasteiger partial charge in [0.25, 0.3) is 0 Å². The van der Waals surface area contributed by atoms with Crippen LogP contribution in [0.15, 0.2) is 47.4 Å². The van der Waals surface area contributed by atoms with Crippen molar-refractivity contribution < 1.29 is 13.5 Å². The summed E-state index contributed by atoms with van der Waals surface area (Å²) in [7, 11) is -2.05. The van der Waals surface area contributed by atoms with Crippen LogP contribution in [0.25, 0.3) is 0 Å². The first-order valence-corrected chi connectivity index (χ1v) is 7.85. The molecule has 0 radical (unpaired) electrons. The van der Waals surface area contributed by atoms with Crippen molar-refractivity contribution in [1.29, 1.82) is 0 Å². The highest BCUT2D eigenvalue weighted by atomic mass is 32.2. The molecule has 0 aliphatic heterocycles. The summed E-state index contributed by atoms with van der Waals surface area (Å²) in [5, 5.41) is 9.24. The third kappa shape index (κ3) is 3.34. The molecule has 0 aliphatic carbocycles. The Morgan fingerprint density at radius 3 is 2.33 bits per heavy atom. The molecular formula is C15H18N2O3S. The van der Waals surface area contributed by atoms with Crippen LogP contribution >= 0.6 is 0 Å². The first-order valence-electron chi connectivity index (χ1n) is 6.41. The lowest BCUT2D eigenvalue weighted by atomic mass is 10.2. The van der Waals surface area contributed by atoms with Crippen molar-refractivity contribution in [3.8, 4) is 5.75 Å². The number of aryl methyl sites for hydroxylation is 1. The lowest BCUT2D eigenvalue weighted by Crippen LogP contribution is -2.26. The third-order valence-electron chi connectivity index (χ3n) is 3.29. The van der Waals surface area contributed by atoms with Crippen LogP contribution in [0.1, 0.15) is 11.1 Å². The molecule has 0 heterocycles. The zero-order valence-corrected chi connectivity index (χ0v) is 12.8. The molecule has 0 bridgehead atoms. The molecule has 0 aromatic heterocycles. The van der Waals surface area contributed by atoms with E-state index in [1.165, 1.54) is 29.6 Å². The van der Waals surface area contributed by atoms with Gasteiger partial charge in [0.15, 0.2) is 0 Å². The second kappa shape index (κ2) is 5.75. The highest BCUT2D eigenvalue weighted by Gasteiger charge is 2.21. The second-order valence-corrected chi connectivity index (χ2v) is 6.99. The Morgan fingerprint density at radius 1 is 1.14 bits per heavy atom. The zero-order chi connectivity index (χ0) is 15.6. The average molecular weight is 306 g/mol. The maximum atomic E-state index is 12.5. The molecule has 21 heavy (non-hydrogen) atoms. The fourth-order valence-corrected chi connectivity index (χ4v) is 3.18. The Labute approximate surface area is 124 Å². The third-order valence-corrected chi connectivity index (χ3v) is 5.09. The summed E-state index contributed by atoms with van der Waals surface area (Å²) >= 11 is 0. The number of aromatic hydroxyl groups is 1. The number of hydrogen-bond acceptors (Lipinski definition) is 4. The van der Waals surface area contributed by atoms with Crippen molar-refractivity contribution in [2.45, 2.75) is 18.4 Å². The van der Waals surface area contributed by atoms with Crippen molar-refractivity contribution in [2.24, 2.45) is 0 Å². The van der Waals surface area contributed by atoms with Crippen LogP contribution in [0.5, 0.6) is 5.75 Å². The number of sulfonamides is 1. The molecule has 2 aromatic rings. The Bertz CT molecular complexity index is 740. The number of anilines is 1. The van der Waals surface area contributed by atoms with E-state index in [0.717, 1.165) is 11.1 Å². The Morgan fingerprint density at radius 2 is 1.76 bits per heavy atom. The molecular weight excluding hydrogens is 288 g/mol. The summed E-state index contributed by atoms with van der Waals surface area (Å²) in [4.78, 5) is 0.218. The van der Waals surface area contributed by atoms with Gasteiger partial charge in [-0.05, 0) is 48.4 Å². The van der Waals surface area contributed by atoms with Gasteiger partial charge in [-0.25, -0.2) is 8.42 Å². The van der Waals surface area contributed by atoms with E-state index in [4.69, 9.17) is 5.73 Å². The number of hydrogen-bond donors (Lipinski definition) is 2. The molecule has 0 spiro atoms. The van der Waals surface area contributed by atoms with E-state index in [1.807, 2.05) is 0 Å². The standard InChI is InChI=1S/C15H18N2O3S/c1-11-9-14(7-8-15(11)16)21(19,20)17(2)10-12-3-5-13(18)6-4-12/h3-9,18H,10,16H2,1-2H3.